The molecule has 7 rings (SSSR count). The second-order valence-corrected chi connectivity index (χ2v) is 24.9. The van der Waals surface area contributed by atoms with Crippen LogP contribution in [0.25, 0.3) is 0 Å². The third-order valence-corrected chi connectivity index (χ3v) is 22.6. The predicted octanol–water partition coefficient (Wildman–Crippen LogP) is 10.1. The lowest BCUT2D eigenvalue weighted by Crippen LogP contribution is -2.61. The minimum Gasteiger partial charge on any atom is -0.443 e. The lowest BCUT2D eigenvalue weighted by Gasteiger charge is -2.64. The number of carbonyl (C=O) groups excluding carboxylic acids is 1. The molecule has 5 saturated carbocycles. The van der Waals surface area contributed by atoms with Crippen LogP contribution in [0, 0.1) is 56.7 Å². The van der Waals surface area contributed by atoms with Gasteiger partial charge in [-0.2, -0.15) is 0 Å². The van der Waals surface area contributed by atoms with Gasteiger partial charge in [0.1, 0.15) is 6.10 Å². The van der Waals surface area contributed by atoms with E-state index in [-0.39, 0.29) is 65.1 Å². The van der Waals surface area contributed by atoms with Gasteiger partial charge in [0.25, 0.3) is 0 Å². The average Bonchev–Trinajstić information content (AvgIpc) is 3.74. The molecule has 7 fully saturated rings. The van der Waals surface area contributed by atoms with E-state index < -0.39 is 8.32 Å². The Morgan fingerprint density at radius 3 is 2.24 bits per heavy atom. The highest BCUT2D eigenvalue weighted by Gasteiger charge is 2.85. The van der Waals surface area contributed by atoms with Crippen molar-refractivity contribution in [2.45, 2.75) is 195 Å². The zero-order valence-electron chi connectivity index (χ0n) is 34.4. The molecule has 51 heavy (non-hydrogen) atoms. The van der Waals surface area contributed by atoms with E-state index in [1.54, 1.807) is 7.05 Å². The first-order valence-corrected chi connectivity index (χ1v) is 24.1. The zero-order chi connectivity index (χ0) is 36.8. The summed E-state index contributed by atoms with van der Waals surface area (Å²) in [5, 5.41) is 2.70. The smallest absolute Gasteiger partial charge is 0.407 e. The maximum Gasteiger partial charge on any atom is 0.407 e. The molecule has 0 bridgehead atoms. The number of amides is 1. The van der Waals surface area contributed by atoms with Gasteiger partial charge in [-0.05, 0) is 140 Å². The van der Waals surface area contributed by atoms with Crippen LogP contribution >= 0.6 is 0 Å². The van der Waals surface area contributed by atoms with E-state index in [9.17, 15) is 4.79 Å². The van der Waals surface area contributed by atoms with Crippen LogP contribution in [-0.4, -0.2) is 64.9 Å². The lowest BCUT2D eigenvalue weighted by molar-refractivity contribution is -0.242. The fraction of sp³-hybridized carbons (Fsp3) is 0.977. The third kappa shape index (κ3) is 5.53. The van der Waals surface area contributed by atoms with Gasteiger partial charge in [0.2, 0.25) is 0 Å². The molecule has 7 nitrogen and oxygen atoms in total. The highest BCUT2D eigenvalue weighted by molar-refractivity contribution is 6.73. The summed E-state index contributed by atoms with van der Waals surface area (Å²) in [5.41, 5.74) is 1.12. The lowest BCUT2D eigenvalue weighted by atomic mass is 9.41. The number of hydrogen-bond acceptors (Lipinski definition) is 6. The van der Waals surface area contributed by atoms with Crippen LogP contribution in [0.3, 0.4) is 0 Å². The van der Waals surface area contributed by atoms with Crippen molar-refractivity contribution in [2.75, 3.05) is 13.7 Å². The van der Waals surface area contributed by atoms with Gasteiger partial charge in [-0.1, -0.05) is 69.2 Å². The van der Waals surface area contributed by atoms with Crippen LogP contribution < -0.4 is 5.32 Å². The number of nitrogens with one attached hydrogen (secondary N) is 1. The molecule has 2 aliphatic heterocycles. The molecule has 14 atom stereocenters. The number of ether oxygens (including phenoxy) is 4. The second kappa shape index (κ2) is 13.5. The standard InChI is InChI=1S/C43H75NO6Si/c1-12-51(13-2,14-3)50-37-36-34(28(6)25-29(47-36)35(27(4)5)49-38(45)44-11)40(9)22-23-43-26-42(43)21-20-32(48-33-17-15-16-24-46-33)39(7,8)30(42)18-19-31(43)41(37,40)10/h27-37H,12-26H2,1-11H3,(H,44,45)/t28-,29-,30+,31+,32+,33+,34+,35-,36+,37+,40-,41-,42-,43?/m1/s1. The first kappa shape index (κ1) is 38.6. The number of rotatable bonds is 10. The fourth-order valence-corrected chi connectivity index (χ4v) is 17.9. The van der Waals surface area contributed by atoms with Crippen LogP contribution in [0.5, 0.6) is 0 Å². The molecule has 0 aromatic carbocycles. The molecule has 2 saturated heterocycles. The van der Waals surface area contributed by atoms with Crippen LogP contribution in [0.15, 0.2) is 0 Å². The summed E-state index contributed by atoms with van der Waals surface area (Å²) in [6, 6.07) is 3.45. The minimum absolute atomic E-state index is 0.0152. The Morgan fingerprint density at radius 2 is 1.61 bits per heavy atom. The summed E-state index contributed by atoms with van der Waals surface area (Å²) in [5.74, 6) is 2.41. The van der Waals surface area contributed by atoms with Gasteiger partial charge in [0, 0.05) is 19.1 Å². The van der Waals surface area contributed by atoms with E-state index in [2.05, 4.69) is 74.6 Å². The molecule has 1 N–H and O–H groups in total. The Hall–Kier alpha value is -0.673. The Labute approximate surface area is 312 Å². The topological polar surface area (TPSA) is 75.3 Å². The summed E-state index contributed by atoms with van der Waals surface area (Å²) in [6.45, 7) is 25.3. The predicted molar refractivity (Wildman–Crippen MR) is 205 cm³/mol. The number of alkyl carbamates (subject to hydrolysis) is 1. The van der Waals surface area contributed by atoms with Crippen LogP contribution in [-0.2, 0) is 23.4 Å². The summed E-state index contributed by atoms with van der Waals surface area (Å²) < 4.78 is 34.5. The first-order chi connectivity index (χ1) is 24.1. The van der Waals surface area contributed by atoms with E-state index in [1.807, 2.05) is 0 Å². The van der Waals surface area contributed by atoms with E-state index in [4.69, 9.17) is 23.4 Å². The molecule has 0 aromatic rings. The molecule has 7 aliphatic rings. The van der Waals surface area contributed by atoms with Crippen LogP contribution in [0.1, 0.15) is 140 Å². The molecule has 5 aliphatic carbocycles. The fourth-order valence-electron chi connectivity index (χ4n) is 15.0. The van der Waals surface area contributed by atoms with Crippen molar-refractivity contribution in [2.24, 2.45) is 56.7 Å². The molecule has 8 heteroatoms. The van der Waals surface area contributed by atoms with Gasteiger partial charge in [-0.15, -0.1) is 0 Å². The maximum atomic E-state index is 12.6. The summed E-state index contributed by atoms with van der Waals surface area (Å²) in [6.07, 6.45) is 13.0. The van der Waals surface area contributed by atoms with E-state index >= 15 is 0 Å². The summed E-state index contributed by atoms with van der Waals surface area (Å²) in [7, 11) is -0.349. The van der Waals surface area contributed by atoms with Gasteiger partial charge in [0.05, 0.1) is 24.4 Å². The molecule has 1 amide bonds. The monoisotopic (exact) mass is 730 g/mol. The van der Waals surface area contributed by atoms with E-state index in [0.29, 0.717) is 34.5 Å². The molecule has 2 spiro atoms. The van der Waals surface area contributed by atoms with Crippen molar-refractivity contribution in [3.63, 3.8) is 0 Å². The van der Waals surface area contributed by atoms with Gasteiger partial charge in [0.15, 0.2) is 14.6 Å². The van der Waals surface area contributed by atoms with Crippen molar-refractivity contribution in [1.29, 1.82) is 0 Å². The van der Waals surface area contributed by atoms with Crippen LogP contribution in [0.4, 0.5) is 4.79 Å². The highest BCUT2D eigenvalue weighted by Crippen LogP contribution is 2.89. The maximum absolute atomic E-state index is 12.6. The molecule has 2 heterocycles. The van der Waals surface area contributed by atoms with E-state index in [0.717, 1.165) is 44.0 Å². The van der Waals surface area contributed by atoms with E-state index in [1.165, 1.54) is 51.4 Å². The third-order valence-electron chi connectivity index (χ3n) is 18.0. The van der Waals surface area contributed by atoms with Gasteiger partial charge in [-0.25, -0.2) is 4.79 Å². The summed E-state index contributed by atoms with van der Waals surface area (Å²) >= 11 is 0. The van der Waals surface area contributed by atoms with Gasteiger partial charge >= 0.3 is 6.09 Å². The Bertz CT molecular complexity index is 1270. The number of hydrogen-bond donors (Lipinski definition) is 1. The van der Waals surface area contributed by atoms with Crippen molar-refractivity contribution < 1.29 is 28.2 Å². The van der Waals surface area contributed by atoms with Crippen molar-refractivity contribution in [3.05, 3.63) is 0 Å². The highest BCUT2D eigenvalue weighted by atomic mass is 28.4. The summed E-state index contributed by atoms with van der Waals surface area (Å²) in [4.78, 5) is 12.6. The molecule has 1 unspecified atom stereocenters. The average molecular weight is 730 g/mol. The first-order valence-electron chi connectivity index (χ1n) is 21.6. The zero-order valence-corrected chi connectivity index (χ0v) is 35.4. The van der Waals surface area contributed by atoms with Gasteiger partial charge < -0.3 is 28.7 Å². The van der Waals surface area contributed by atoms with Crippen molar-refractivity contribution >= 4 is 14.4 Å². The van der Waals surface area contributed by atoms with Crippen molar-refractivity contribution in [3.8, 4) is 0 Å². The van der Waals surface area contributed by atoms with Crippen molar-refractivity contribution in [1.82, 2.24) is 5.32 Å². The number of fused-ring (bicyclic) bond motifs is 4. The Morgan fingerprint density at radius 1 is 0.922 bits per heavy atom. The normalized spacial score (nSPS) is 47.6. The Balaban J connectivity index is 1.24. The number of carbonyl (C=O) groups is 1. The quantitative estimate of drug-likeness (QED) is 0.178. The molecule has 292 valence electrons. The molecular formula is C43H75NO6Si. The molecule has 0 radical (unpaired) electrons. The Kier molecular flexibility index (Phi) is 10.2. The minimum atomic E-state index is -2.00. The molecular weight excluding hydrogens is 655 g/mol. The SMILES string of the molecule is CC[Si](CC)(CC)O[C@H]1[C@H]2O[C@@H]([C@H](OC(=O)NC)C(C)C)C[C@@H](C)[C@@H]2[C@@]2(C)CCC34C[C@@]35CC[C@H](O[C@H]3CCCCO3)C(C)(C)[C@@H]5CC[C@H]4[C@]12C. The largest absolute Gasteiger partial charge is 0.443 e. The molecule has 0 aromatic heterocycles. The van der Waals surface area contributed by atoms with Crippen LogP contribution in [0.2, 0.25) is 18.1 Å². The second-order valence-electron chi connectivity index (χ2n) is 20.2. The van der Waals surface area contributed by atoms with Gasteiger partial charge in [-0.3, -0.25) is 0 Å².